The summed E-state index contributed by atoms with van der Waals surface area (Å²) in [4.78, 5) is 22.0. The summed E-state index contributed by atoms with van der Waals surface area (Å²) >= 11 is 0. The first kappa shape index (κ1) is 15.0. The van der Waals surface area contributed by atoms with Crippen molar-refractivity contribution < 1.29 is 22.1 Å². The van der Waals surface area contributed by atoms with Gasteiger partial charge in [-0.1, -0.05) is 0 Å². The lowest BCUT2D eigenvalue weighted by atomic mass is 10.1. The molecule has 1 aromatic carbocycles. The molecule has 0 saturated carbocycles. The van der Waals surface area contributed by atoms with Gasteiger partial charge in [0, 0.05) is 17.7 Å². The summed E-state index contributed by atoms with van der Waals surface area (Å²) in [7, 11) is 0.245. The zero-order valence-electron chi connectivity index (χ0n) is 9.80. The van der Waals surface area contributed by atoms with Crippen LogP contribution in [0.1, 0.15) is 23.2 Å². The van der Waals surface area contributed by atoms with Gasteiger partial charge in [-0.3, -0.25) is 14.9 Å². The van der Waals surface area contributed by atoms with Crippen molar-refractivity contribution in [3.63, 3.8) is 0 Å². The monoisotopic (exact) mass is 287 g/mol. The number of nitro benzene ring substituents is 1. The second-order valence-electron chi connectivity index (χ2n) is 4.10. The highest BCUT2D eigenvalue weighted by atomic mass is 35.5. The van der Waals surface area contributed by atoms with E-state index in [-0.39, 0.29) is 34.8 Å². The molecule has 0 unspecified atom stereocenters. The van der Waals surface area contributed by atoms with Crippen molar-refractivity contribution in [3.05, 3.63) is 39.9 Å². The van der Waals surface area contributed by atoms with Gasteiger partial charge in [-0.25, -0.2) is 0 Å². The molecule has 0 aliphatic carbocycles. The molecule has 4 nitrogen and oxygen atoms in total. The lowest BCUT2D eigenvalue weighted by molar-refractivity contribution is -0.384. The van der Waals surface area contributed by atoms with Crippen LogP contribution in [-0.4, -0.2) is 28.0 Å². The SMILES string of the molecule is O=C(C[S+]1CCCC1)c1ccc([N+](=O)[O-])cc1.[Cl-]. The molecule has 0 atom stereocenters. The summed E-state index contributed by atoms with van der Waals surface area (Å²) in [5.41, 5.74) is 0.625. The molecule has 1 heterocycles. The largest absolute Gasteiger partial charge is 1.00 e. The second kappa shape index (κ2) is 6.75. The van der Waals surface area contributed by atoms with E-state index in [0.717, 1.165) is 0 Å². The molecule has 1 aromatic rings. The van der Waals surface area contributed by atoms with Crippen LogP contribution in [0.25, 0.3) is 0 Å². The third-order valence-electron chi connectivity index (χ3n) is 2.85. The minimum absolute atomic E-state index is 0. The Morgan fingerprint density at radius 2 is 1.78 bits per heavy atom. The van der Waals surface area contributed by atoms with Crippen LogP contribution in [0, 0.1) is 10.1 Å². The second-order valence-corrected chi connectivity index (χ2v) is 6.43. The summed E-state index contributed by atoms with van der Waals surface area (Å²) in [5, 5.41) is 10.5. The van der Waals surface area contributed by atoms with Crippen molar-refractivity contribution in [2.24, 2.45) is 0 Å². The number of benzene rings is 1. The zero-order valence-corrected chi connectivity index (χ0v) is 11.4. The Kier molecular flexibility index (Phi) is 5.62. The van der Waals surface area contributed by atoms with Gasteiger partial charge in [0.25, 0.3) is 5.69 Å². The summed E-state index contributed by atoms with van der Waals surface area (Å²) in [6.07, 6.45) is 2.47. The van der Waals surface area contributed by atoms with Crippen LogP contribution in [0.3, 0.4) is 0 Å². The van der Waals surface area contributed by atoms with Gasteiger partial charge in [0.15, 0.2) is 5.75 Å². The maximum Gasteiger partial charge on any atom is 0.269 e. The average Bonchev–Trinajstić information content (AvgIpc) is 2.82. The number of Topliss-reactive ketones (excluding diaryl/α,β-unsaturated/α-hetero) is 1. The van der Waals surface area contributed by atoms with E-state index in [0.29, 0.717) is 11.3 Å². The van der Waals surface area contributed by atoms with Crippen LogP contribution < -0.4 is 12.4 Å². The maximum absolute atomic E-state index is 11.9. The Bertz CT molecular complexity index is 429. The normalized spacial score (nSPS) is 15.1. The predicted octanol–water partition coefficient (Wildman–Crippen LogP) is -0.806. The van der Waals surface area contributed by atoms with Gasteiger partial charge >= 0.3 is 0 Å². The molecule has 0 bridgehead atoms. The van der Waals surface area contributed by atoms with E-state index in [1.165, 1.54) is 36.5 Å². The first-order valence-electron chi connectivity index (χ1n) is 5.58. The van der Waals surface area contributed by atoms with Crippen LogP contribution in [0.5, 0.6) is 0 Å². The quantitative estimate of drug-likeness (QED) is 0.315. The molecule has 18 heavy (non-hydrogen) atoms. The van der Waals surface area contributed by atoms with Gasteiger partial charge in [0.2, 0.25) is 5.78 Å². The molecule has 98 valence electrons. The number of rotatable bonds is 4. The van der Waals surface area contributed by atoms with Gasteiger partial charge in [0.05, 0.1) is 4.92 Å². The van der Waals surface area contributed by atoms with Crippen molar-refractivity contribution in [2.75, 3.05) is 17.3 Å². The molecule has 0 aromatic heterocycles. The smallest absolute Gasteiger partial charge is 0.269 e. The summed E-state index contributed by atoms with van der Waals surface area (Å²) in [6.45, 7) is 0. The Balaban J connectivity index is 0.00000162. The number of hydrogen-bond acceptors (Lipinski definition) is 3. The van der Waals surface area contributed by atoms with Gasteiger partial charge in [-0.15, -0.1) is 0 Å². The molecule has 1 fully saturated rings. The van der Waals surface area contributed by atoms with Crippen LogP contribution >= 0.6 is 0 Å². The minimum atomic E-state index is -0.451. The van der Waals surface area contributed by atoms with E-state index in [1.54, 1.807) is 12.1 Å². The highest BCUT2D eigenvalue weighted by Crippen LogP contribution is 2.17. The summed E-state index contributed by atoms with van der Waals surface area (Å²) in [6, 6.07) is 5.90. The van der Waals surface area contributed by atoms with Crippen molar-refractivity contribution in [1.82, 2.24) is 0 Å². The van der Waals surface area contributed by atoms with E-state index >= 15 is 0 Å². The first-order valence-corrected chi connectivity index (χ1v) is 7.32. The number of nitro groups is 1. The zero-order chi connectivity index (χ0) is 12.3. The van der Waals surface area contributed by atoms with Crippen molar-refractivity contribution in [2.45, 2.75) is 12.8 Å². The molecule has 0 radical (unpaired) electrons. The molecule has 1 aliphatic heterocycles. The number of halogens is 1. The third kappa shape index (κ3) is 3.71. The Hall–Kier alpha value is -1.07. The number of ketones is 1. The van der Waals surface area contributed by atoms with E-state index in [2.05, 4.69) is 0 Å². The van der Waals surface area contributed by atoms with Crippen LogP contribution in [0.2, 0.25) is 0 Å². The summed E-state index contributed by atoms with van der Waals surface area (Å²) < 4.78 is 0. The number of carbonyl (C=O) groups excluding carboxylic acids is 1. The van der Waals surface area contributed by atoms with Crippen molar-refractivity contribution >= 4 is 22.4 Å². The Morgan fingerprint density at radius 3 is 2.28 bits per heavy atom. The molecule has 2 rings (SSSR count). The minimum Gasteiger partial charge on any atom is -1.00 e. The van der Waals surface area contributed by atoms with Gasteiger partial charge in [-0.2, -0.15) is 0 Å². The molecule has 0 amide bonds. The summed E-state index contributed by atoms with van der Waals surface area (Å²) in [5.74, 6) is 3.06. The number of carbonyl (C=O) groups is 1. The molecular weight excluding hydrogens is 274 g/mol. The molecule has 0 N–H and O–H groups in total. The molecule has 6 heteroatoms. The number of nitrogens with zero attached hydrogens (tertiary/aromatic N) is 1. The van der Waals surface area contributed by atoms with E-state index in [4.69, 9.17) is 0 Å². The standard InChI is InChI=1S/C12H14NO3S.ClH/c14-12(9-17-7-1-2-8-17)10-3-5-11(6-4-10)13(15)16;/h3-6H,1-2,7-9H2;1H/q+1;/p-1. The predicted molar refractivity (Wildman–Crippen MR) is 68.6 cm³/mol. The van der Waals surface area contributed by atoms with Gasteiger partial charge in [0.1, 0.15) is 11.5 Å². The Labute approximate surface area is 115 Å². The van der Waals surface area contributed by atoms with E-state index < -0.39 is 4.92 Å². The van der Waals surface area contributed by atoms with Gasteiger partial charge < -0.3 is 12.4 Å². The van der Waals surface area contributed by atoms with Crippen LogP contribution in [0.15, 0.2) is 24.3 Å². The lowest BCUT2D eigenvalue weighted by Gasteiger charge is -2.00. The van der Waals surface area contributed by atoms with Crippen LogP contribution in [-0.2, 0) is 10.9 Å². The molecule has 1 aliphatic rings. The first-order chi connectivity index (χ1) is 8.16. The number of non-ortho nitro benzene ring substituents is 1. The van der Waals surface area contributed by atoms with Gasteiger partial charge in [-0.05, 0) is 35.9 Å². The van der Waals surface area contributed by atoms with E-state index in [1.807, 2.05) is 0 Å². The van der Waals surface area contributed by atoms with Crippen molar-refractivity contribution in [1.29, 1.82) is 0 Å². The van der Waals surface area contributed by atoms with Crippen LogP contribution in [0.4, 0.5) is 5.69 Å². The Morgan fingerprint density at radius 1 is 1.22 bits per heavy atom. The fraction of sp³-hybridized carbons (Fsp3) is 0.417. The third-order valence-corrected chi connectivity index (χ3v) is 5.25. The lowest BCUT2D eigenvalue weighted by Crippen LogP contribution is -3.00. The highest BCUT2D eigenvalue weighted by Gasteiger charge is 2.27. The highest BCUT2D eigenvalue weighted by molar-refractivity contribution is 7.97. The van der Waals surface area contributed by atoms with E-state index in [9.17, 15) is 14.9 Å². The molecule has 0 spiro atoms. The molecule has 1 saturated heterocycles. The number of hydrogen-bond donors (Lipinski definition) is 0. The average molecular weight is 288 g/mol. The molecular formula is C12H14ClNO3S. The fourth-order valence-electron chi connectivity index (χ4n) is 1.90. The van der Waals surface area contributed by atoms with Crippen molar-refractivity contribution in [3.8, 4) is 0 Å². The fourth-order valence-corrected chi connectivity index (χ4v) is 4.15. The maximum atomic E-state index is 11.9. The topological polar surface area (TPSA) is 60.2 Å².